The highest BCUT2D eigenvalue weighted by molar-refractivity contribution is 5.95. The van der Waals surface area contributed by atoms with Gasteiger partial charge in [-0.15, -0.1) is 0 Å². The van der Waals surface area contributed by atoms with E-state index >= 15 is 0 Å². The molecule has 1 saturated heterocycles. The summed E-state index contributed by atoms with van der Waals surface area (Å²) >= 11 is 0. The molecule has 8 nitrogen and oxygen atoms in total. The Morgan fingerprint density at radius 1 is 0.971 bits per heavy atom. The van der Waals surface area contributed by atoms with E-state index in [0.29, 0.717) is 35.9 Å². The lowest BCUT2D eigenvalue weighted by Crippen LogP contribution is -2.35. The second-order valence-corrected chi connectivity index (χ2v) is 8.28. The fourth-order valence-electron chi connectivity index (χ4n) is 4.50. The summed E-state index contributed by atoms with van der Waals surface area (Å²) in [4.78, 5) is 32.8. The molecule has 182 valence electrons. The average molecular weight is 476 g/mol. The third kappa shape index (κ3) is 5.21. The zero-order chi connectivity index (χ0) is 24.8. The van der Waals surface area contributed by atoms with Crippen molar-refractivity contribution in [1.82, 2.24) is 15.2 Å². The molecule has 0 unspecified atom stereocenters. The van der Waals surface area contributed by atoms with Crippen LogP contribution in [-0.4, -0.2) is 56.1 Å². The molecule has 2 aromatic carbocycles. The van der Waals surface area contributed by atoms with Gasteiger partial charge in [0.2, 0.25) is 5.91 Å². The lowest BCUT2D eigenvalue weighted by Gasteiger charge is -2.21. The maximum atomic E-state index is 13.4. The number of nitrogens with zero attached hydrogens (tertiary/aromatic N) is 2. The zero-order valence-corrected chi connectivity index (χ0v) is 20.1. The predicted molar refractivity (Wildman–Crippen MR) is 131 cm³/mol. The first-order valence-electron chi connectivity index (χ1n) is 11.4. The first kappa shape index (κ1) is 24.1. The van der Waals surface area contributed by atoms with Crippen molar-refractivity contribution in [2.24, 2.45) is 5.92 Å². The highest BCUT2D eigenvalue weighted by Gasteiger charge is 2.42. The molecule has 0 aliphatic carbocycles. The number of carbonyl (C=O) groups is 2. The van der Waals surface area contributed by atoms with E-state index in [1.807, 2.05) is 36.4 Å². The molecule has 0 spiro atoms. The van der Waals surface area contributed by atoms with E-state index in [9.17, 15) is 9.59 Å². The Bertz CT molecular complexity index is 1180. The van der Waals surface area contributed by atoms with E-state index < -0.39 is 5.92 Å². The highest BCUT2D eigenvalue weighted by atomic mass is 16.5. The topological polar surface area (TPSA) is 90.0 Å². The van der Waals surface area contributed by atoms with E-state index in [1.54, 1.807) is 56.7 Å². The van der Waals surface area contributed by atoms with Gasteiger partial charge in [-0.2, -0.15) is 0 Å². The summed E-state index contributed by atoms with van der Waals surface area (Å²) in [5.41, 5.74) is 2.10. The SMILES string of the molecule is COc1cccc(C(=O)N2C[C@H](C(=O)NCc3ccccn3)[C@H](c3cccc(OC)c3OC)C2)c1. The van der Waals surface area contributed by atoms with Gasteiger partial charge >= 0.3 is 0 Å². The molecule has 1 N–H and O–H groups in total. The molecule has 35 heavy (non-hydrogen) atoms. The van der Waals surface area contributed by atoms with Gasteiger partial charge in [-0.05, 0) is 36.4 Å². The van der Waals surface area contributed by atoms with Crippen molar-refractivity contribution in [3.63, 3.8) is 0 Å². The van der Waals surface area contributed by atoms with Crippen molar-refractivity contribution in [3.05, 3.63) is 83.7 Å². The zero-order valence-electron chi connectivity index (χ0n) is 20.1. The summed E-state index contributed by atoms with van der Waals surface area (Å²) in [6.45, 7) is 0.943. The second-order valence-electron chi connectivity index (χ2n) is 8.28. The Morgan fingerprint density at radius 3 is 2.51 bits per heavy atom. The molecule has 1 fully saturated rings. The number of rotatable bonds is 8. The number of carbonyl (C=O) groups excluding carboxylic acids is 2. The van der Waals surface area contributed by atoms with Crippen molar-refractivity contribution >= 4 is 11.8 Å². The van der Waals surface area contributed by atoms with Crippen LogP contribution in [-0.2, 0) is 11.3 Å². The number of hydrogen-bond acceptors (Lipinski definition) is 6. The first-order chi connectivity index (χ1) is 17.0. The fourth-order valence-corrected chi connectivity index (χ4v) is 4.50. The molecule has 2 heterocycles. The van der Waals surface area contributed by atoms with Crippen LogP contribution in [0.2, 0.25) is 0 Å². The fraction of sp³-hybridized carbons (Fsp3) is 0.296. The molecule has 4 rings (SSSR count). The van der Waals surface area contributed by atoms with E-state index in [4.69, 9.17) is 14.2 Å². The monoisotopic (exact) mass is 475 g/mol. The van der Waals surface area contributed by atoms with Crippen LogP contribution in [0.5, 0.6) is 17.2 Å². The summed E-state index contributed by atoms with van der Waals surface area (Å²) in [5, 5.41) is 2.99. The summed E-state index contributed by atoms with van der Waals surface area (Å²) in [5.74, 6) is 0.689. The summed E-state index contributed by atoms with van der Waals surface area (Å²) in [6.07, 6.45) is 1.69. The van der Waals surface area contributed by atoms with Crippen LogP contribution in [0, 0.1) is 5.92 Å². The molecule has 1 aliphatic heterocycles. The third-order valence-corrected chi connectivity index (χ3v) is 6.26. The van der Waals surface area contributed by atoms with Crippen LogP contribution >= 0.6 is 0 Å². The minimum absolute atomic E-state index is 0.147. The van der Waals surface area contributed by atoms with E-state index in [1.165, 1.54) is 0 Å². The quantitative estimate of drug-likeness (QED) is 0.538. The molecule has 1 aliphatic rings. The summed E-state index contributed by atoms with van der Waals surface area (Å²) in [6, 6.07) is 18.2. The number of amides is 2. The Balaban J connectivity index is 1.63. The minimum Gasteiger partial charge on any atom is -0.497 e. The van der Waals surface area contributed by atoms with Crippen LogP contribution in [0.4, 0.5) is 0 Å². The van der Waals surface area contributed by atoms with Gasteiger partial charge in [-0.25, -0.2) is 0 Å². The molecule has 2 atom stereocenters. The van der Waals surface area contributed by atoms with Crippen molar-refractivity contribution in [3.8, 4) is 17.2 Å². The third-order valence-electron chi connectivity index (χ3n) is 6.26. The van der Waals surface area contributed by atoms with E-state index in [2.05, 4.69) is 10.3 Å². The number of para-hydroxylation sites is 1. The molecular weight excluding hydrogens is 446 g/mol. The van der Waals surface area contributed by atoms with Gasteiger partial charge in [-0.1, -0.05) is 24.3 Å². The number of hydrogen-bond donors (Lipinski definition) is 1. The standard InChI is InChI=1S/C27H29N3O5/c1-33-20-10-6-8-18(14-20)27(32)30-16-22(21-11-7-12-24(34-2)25(21)35-3)23(17-30)26(31)29-15-19-9-4-5-13-28-19/h4-14,22-23H,15-17H2,1-3H3,(H,29,31)/t22-,23-/m0/s1. The van der Waals surface area contributed by atoms with Gasteiger partial charge in [0, 0.05) is 36.3 Å². The molecular formula is C27H29N3O5. The van der Waals surface area contributed by atoms with Gasteiger partial charge in [0.1, 0.15) is 5.75 Å². The number of likely N-dealkylation sites (tertiary alicyclic amines) is 1. The van der Waals surface area contributed by atoms with Gasteiger partial charge in [0.05, 0.1) is 39.5 Å². The van der Waals surface area contributed by atoms with Gasteiger partial charge in [0.15, 0.2) is 11.5 Å². The number of pyridine rings is 1. The van der Waals surface area contributed by atoms with Crippen molar-refractivity contribution in [1.29, 1.82) is 0 Å². The average Bonchev–Trinajstić information content (AvgIpc) is 3.36. The number of benzene rings is 2. The minimum atomic E-state index is -0.478. The van der Waals surface area contributed by atoms with E-state index in [-0.39, 0.29) is 24.3 Å². The number of nitrogens with one attached hydrogen (secondary N) is 1. The van der Waals surface area contributed by atoms with Crippen LogP contribution in [0.1, 0.15) is 27.5 Å². The Labute approximate surface area is 204 Å². The Kier molecular flexibility index (Phi) is 7.50. The molecule has 0 saturated carbocycles. The van der Waals surface area contributed by atoms with Crippen molar-refractivity contribution < 1.29 is 23.8 Å². The molecule has 2 amide bonds. The number of methoxy groups -OCH3 is 3. The van der Waals surface area contributed by atoms with E-state index in [0.717, 1.165) is 11.3 Å². The van der Waals surface area contributed by atoms with Crippen LogP contribution in [0.25, 0.3) is 0 Å². The van der Waals surface area contributed by atoms with Crippen LogP contribution in [0.3, 0.4) is 0 Å². The van der Waals surface area contributed by atoms with Crippen LogP contribution < -0.4 is 19.5 Å². The molecule has 1 aromatic heterocycles. The van der Waals surface area contributed by atoms with Crippen molar-refractivity contribution in [2.45, 2.75) is 12.5 Å². The molecule has 0 bridgehead atoms. The van der Waals surface area contributed by atoms with Crippen molar-refractivity contribution in [2.75, 3.05) is 34.4 Å². The molecule has 0 radical (unpaired) electrons. The number of ether oxygens (including phenoxy) is 3. The van der Waals surface area contributed by atoms with Gasteiger partial charge in [0.25, 0.3) is 5.91 Å². The lowest BCUT2D eigenvalue weighted by molar-refractivity contribution is -0.125. The second kappa shape index (κ2) is 10.9. The highest BCUT2D eigenvalue weighted by Crippen LogP contribution is 2.42. The van der Waals surface area contributed by atoms with Gasteiger partial charge in [-0.3, -0.25) is 14.6 Å². The largest absolute Gasteiger partial charge is 0.497 e. The lowest BCUT2D eigenvalue weighted by atomic mass is 9.87. The molecule has 3 aromatic rings. The normalized spacial score (nSPS) is 17.1. The number of aromatic nitrogens is 1. The first-order valence-corrected chi connectivity index (χ1v) is 11.4. The Morgan fingerprint density at radius 2 is 1.80 bits per heavy atom. The summed E-state index contributed by atoms with van der Waals surface area (Å²) < 4.78 is 16.4. The Hall–Kier alpha value is -4.07. The predicted octanol–water partition coefficient (Wildman–Crippen LogP) is 3.28. The maximum absolute atomic E-state index is 13.4. The smallest absolute Gasteiger partial charge is 0.254 e. The summed E-state index contributed by atoms with van der Waals surface area (Å²) in [7, 11) is 4.71. The van der Waals surface area contributed by atoms with Gasteiger partial charge < -0.3 is 24.4 Å². The van der Waals surface area contributed by atoms with Crippen LogP contribution in [0.15, 0.2) is 66.9 Å². The molecule has 8 heteroatoms. The maximum Gasteiger partial charge on any atom is 0.254 e.